The first-order valence-electron chi connectivity index (χ1n) is 6.96. The summed E-state index contributed by atoms with van der Waals surface area (Å²) in [4.78, 5) is 13.4. The van der Waals surface area contributed by atoms with Crippen molar-refractivity contribution in [2.75, 3.05) is 13.1 Å². The monoisotopic (exact) mass is 261 g/mol. The number of carbonyl (C=O) groups excluding carboxylic acids is 1. The summed E-state index contributed by atoms with van der Waals surface area (Å²) in [7, 11) is 0. The molecule has 0 aromatic heterocycles. The number of primary amides is 1. The summed E-state index contributed by atoms with van der Waals surface area (Å²) in [5.74, 6) is 0.297. The lowest BCUT2D eigenvalue weighted by Gasteiger charge is -2.31. The minimum Gasteiger partial charge on any atom is -0.370 e. The molecule has 1 amide bonds. The van der Waals surface area contributed by atoms with Gasteiger partial charge in [-0.15, -0.1) is 0 Å². The van der Waals surface area contributed by atoms with Crippen LogP contribution in [0.1, 0.15) is 30.4 Å². The molecule has 2 rings (SSSR count). The smallest absolute Gasteiger partial charge is 0.217 e. The van der Waals surface area contributed by atoms with E-state index in [0.717, 1.165) is 32.5 Å². The average Bonchev–Trinajstić information content (AvgIpc) is 2.41. The van der Waals surface area contributed by atoms with E-state index in [4.69, 9.17) is 11.5 Å². The van der Waals surface area contributed by atoms with E-state index < -0.39 is 0 Å². The molecule has 19 heavy (non-hydrogen) atoms. The van der Waals surface area contributed by atoms with E-state index in [9.17, 15) is 4.79 Å². The van der Waals surface area contributed by atoms with Gasteiger partial charge in [0.25, 0.3) is 0 Å². The number of piperidine rings is 1. The van der Waals surface area contributed by atoms with Gasteiger partial charge in [-0.25, -0.2) is 0 Å². The van der Waals surface area contributed by atoms with Crippen LogP contribution in [-0.2, 0) is 17.9 Å². The molecule has 0 unspecified atom stereocenters. The number of nitrogens with two attached hydrogens (primary N) is 2. The number of likely N-dealkylation sites (tertiary alicyclic amines) is 1. The Hall–Kier alpha value is -1.39. The number of carbonyl (C=O) groups is 1. The molecule has 104 valence electrons. The second kappa shape index (κ2) is 6.68. The molecule has 4 N–H and O–H groups in total. The molecule has 1 aliphatic rings. The van der Waals surface area contributed by atoms with Crippen molar-refractivity contribution in [2.45, 2.75) is 32.4 Å². The van der Waals surface area contributed by atoms with E-state index in [0.29, 0.717) is 18.9 Å². The lowest BCUT2D eigenvalue weighted by Crippen LogP contribution is -2.34. The van der Waals surface area contributed by atoms with Crippen LogP contribution in [0.15, 0.2) is 24.3 Å². The Morgan fingerprint density at radius 1 is 1.21 bits per heavy atom. The molecule has 4 heteroatoms. The quantitative estimate of drug-likeness (QED) is 0.837. The van der Waals surface area contributed by atoms with Crippen LogP contribution < -0.4 is 11.5 Å². The van der Waals surface area contributed by atoms with Gasteiger partial charge in [0.1, 0.15) is 0 Å². The zero-order valence-electron chi connectivity index (χ0n) is 11.3. The van der Waals surface area contributed by atoms with E-state index in [2.05, 4.69) is 23.1 Å². The van der Waals surface area contributed by atoms with Crippen molar-refractivity contribution in [3.63, 3.8) is 0 Å². The van der Waals surface area contributed by atoms with Gasteiger partial charge in [-0.1, -0.05) is 24.3 Å². The van der Waals surface area contributed by atoms with Crippen molar-refractivity contribution in [1.29, 1.82) is 0 Å². The second-order valence-corrected chi connectivity index (χ2v) is 5.36. The van der Waals surface area contributed by atoms with Crippen molar-refractivity contribution in [3.05, 3.63) is 35.4 Å². The lowest BCUT2D eigenvalue weighted by atomic mass is 9.93. The SMILES string of the molecule is NCc1ccccc1CN1CCC(CC(N)=O)CC1. The molecule has 0 radical (unpaired) electrons. The first-order valence-corrected chi connectivity index (χ1v) is 6.96. The Bertz CT molecular complexity index is 425. The summed E-state index contributed by atoms with van der Waals surface area (Å²) in [5, 5.41) is 0. The highest BCUT2D eigenvalue weighted by molar-refractivity contribution is 5.73. The Morgan fingerprint density at radius 3 is 2.42 bits per heavy atom. The third kappa shape index (κ3) is 4.04. The molecule has 1 saturated heterocycles. The van der Waals surface area contributed by atoms with Crippen molar-refractivity contribution in [3.8, 4) is 0 Å². The summed E-state index contributed by atoms with van der Waals surface area (Å²) < 4.78 is 0. The summed E-state index contributed by atoms with van der Waals surface area (Å²) in [6, 6.07) is 8.34. The number of hydrogen-bond acceptors (Lipinski definition) is 3. The fraction of sp³-hybridized carbons (Fsp3) is 0.533. The van der Waals surface area contributed by atoms with Crippen LogP contribution in [0, 0.1) is 5.92 Å². The minimum atomic E-state index is -0.174. The van der Waals surface area contributed by atoms with Gasteiger partial charge >= 0.3 is 0 Å². The van der Waals surface area contributed by atoms with E-state index in [1.165, 1.54) is 11.1 Å². The maximum atomic E-state index is 10.9. The van der Waals surface area contributed by atoms with E-state index in [1.807, 2.05) is 6.07 Å². The zero-order valence-corrected chi connectivity index (χ0v) is 11.3. The third-order valence-electron chi connectivity index (χ3n) is 3.93. The highest BCUT2D eigenvalue weighted by Gasteiger charge is 2.20. The van der Waals surface area contributed by atoms with Gasteiger partial charge in [0, 0.05) is 19.5 Å². The first-order chi connectivity index (χ1) is 9.19. The average molecular weight is 261 g/mol. The number of hydrogen-bond donors (Lipinski definition) is 2. The first kappa shape index (κ1) is 14.0. The molecule has 1 fully saturated rings. The van der Waals surface area contributed by atoms with Crippen molar-refractivity contribution in [1.82, 2.24) is 4.90 Å². The Morgan fingerprint density at radius 2 is 1.84 bits per heavy atom. The van der Waals surface area contributed by atoms with Gasteiger partial charge in [-0.05, 0) is 43.0 Å². The predicted molar refractivity (Wildman–Crippen MR) is 76.1 cm³/mol. The highest BCUT2D eigenvalue weighted by atomic mass is 16.1. The number of benzene rings is 1. The van der Waals surface area contributed by atoms with Gasteiger partial charge in [-0.3, -0.25) is 9.69 Å². The van der Waals surface area contributed by atoms with Crippen molar-refractivity contribution >= 4 is 5.91 Å². The van der Waals surface area contributed by atoms with Gasteiger partial charge in [0.15, 0.2) is 0 Å². The number of amides is 1. The summed E-state index contributed by atoms with van der Waals surface area (Å²) in [6.45, 7) is 3.62. The van der Waals surface area contributed by atoms with Gasteiger partial charge in [-0.2, -0.15) is 0 Å². The molecular formula is C15H23N3O. The Labute approximate surface area is 114 Å². The Kier molecular flexibility index (Phi) is 4.93. The predicted octanol–water partition coefficient (Wildman–Crippen LogP) is 1.23. The fourth-order valence-corrected chi connectivity index (χ4v) is 2.78. The maximum Gasteiger partial charge on any atom is 0.217 e. The molecule has 0 atom stereocenters. The molecule has 0 bridgehead atoms. The third-order valence-corrected chi connectivity index (χ3v) is 3.93. The lowest BCUT2D eigenvalue weighted by molar-refractivity contribution is -0.119. The van der Waals surface area contributed by atoms with Gasteiger partial charge in [0.2, 0.25) is 5.91 Å². The summed E-state index contributed by atoms with van der Waals surface area (Å²) >= 11 is 0. The van der Waals surface area contributed by atoms with E-state index >= 15 is 0 Å². The molecule has 0 aliphatic carbocycles. The van der Waals surface area contributed by atoms with Crippen LogP contribution >= 0.6 is 0 Å². The second-order valence-electron chi connectivity index (χ2n) is 5.36. The largest absolute Gasteiger partial charge is 0.370 e. The van der Waals surface area contributed by atoms with Crippen LogP contribution in [-0.4, -0.2) is 23.9 Å². The molecule has 1 aliphatic heterocycles. The topological polar surface area (TPSA) is 72.3 Å². The van der Waals surface area contributed by atoms with Crippen LogP contribution in [0.2, 0.25) is 0 Å². The molecule has 1 aromatic rings. The van der Waals surface area contributed by atoms with Gasteiger partial charge in [0.05, 0.1) is 0 Å². The van der Waals surface area contributed by atoms with Crippen LogP contribution in [0.4, 0.5) is 0 Å². The molecular weight excluding hydrogens is 238 g/mol. The van der Waals surface area contributed by atoms with Crippen molar-refractivity contribution in [2.24, 2.45) is 17.4 Å². The zero-order chi connectivity index (χ0) is 13.7. The highest BCUT2D eigenvalue weighted by Crippen LogP contribution is 2.22. The van der Waals surface area contributed by atoms with Crippen LogP contribution in [0.25, 0.3) is 0 Å². The molecule has 1 heterocycles. The number of rotatable bonds is 5. The normalized spacial score (nSPS) is 17.5. The summed E-state index contributed by atoms with van der Waals surface area (Å²) in [6.07, 6.45) is 2.66. The number of nitrogens with zero attached hydrogens (tertiary/aromatic N) is 1. The van der Waals surface area contributed by atoms with E-state index in [-0.39, 0.29) is 5.91 Å². The molecule has 4 nitrogen and oxygen atoms in total. The Balaban J connectivity index is 1.87. The fourth-order valence-electron chi connectivity index (χ4n) is 2.78. The van der Waals surface area contributed by atoms with Crippen LogP contribution in [0.5, 0.6) is 0 Å². The molecule has 1 aromatic carbocycles. The van der Waals surface area contributed by atoms with Crippen LogP contribution in [0.3, 0.4) is 0 Å². The summed E-state index contributed by atoms with van der Waals surface area (Å²) in [5.41, 5.74) is 13.6. The minimum absolute atomic E-state index is 0.174. The standard InChI is InChI=1S/C15H23N3O/c16-10-13-3-1-2-4-14(13)11-18-7-5-12(6-8-18)9-15(17)19/h1-4,12H,5-11,16H2,(H2,17,19). The molecule has 0 spiro atoms. The maximum absolute atomic E-state index is 10.9. The van der Waals surface area contributed by atoms with E-state index in [1.54, 1.807) is 0 Å². The molecule has 0 saturated carbocycles. The van der Waals surface area contributed by atoms with Gasteiger partial charge < -0.3 is 11.5 Å². The van der Waals surface area contributed by atoms with Crippen molar-refractivity contribution < 1.29 is 4.79 Å².